The molecular weight excluding hydrogens is 306 g/mol. The number of oxazole rings is 1. The van der Waals surface area contributed by atoms with E-state index in [1.54, 1.807) is 4.57 Å². The molecule has 0 saturated heterocycles. The van der Waals surface area contributed by atoms with E-state index in [1.807, 2.05) is 19.1 Å². The van der Waals surface area contributed by atoms with E-state index in [0.717, 1.165) is 11.1 Å². The van der Waals surface area contributed by atoms with Gasteiger partial charge in [0.05, 0.1) is 5.52 Å². The second-order valence-electron chi connectivity index (χ2n) is 5.34. The number of hydrogen-bond acceptors (Lipinski definition) is 2. The molecule has 0 radical (unpaired) electrons. The second kappa shape index (κ2) is 5.53. The van der Waals surface area contributed by atoms with Crippen LogP contribution in [0.15, 0.2) is 27.4 Å². The summed E-state index contributed by atoms with van der Waals surface area (Å²) in [6, 6.07) is 6.02. The Bertz CT molecular complexity index is 627. The van der Waals surface area contributed by atoms with Gasteiger partial charge in [-0.1, -0.05) is 42.8 Å². The van der Waals surface area contributed by atoms with E-state index in [1.165, 1.54) is 0 Å². The molecule has 1 heterocycles. The topological polar surface area (TPSA) is 35.1 Å². The Kier molecular flexibility index (Phi) is 4.19. The van der Waals surface area contributed by atoms with Crippen molar-refractivity contribution >= 4 is 27.0 Å². The molecule has 0 aliphatic carbocycles. The van der Waals surface area contributed by atoms with Gasteiger partial charge < -0.3 is 4.42 Å². The van der Waals surface area contributed by atoms with Gasteiger partial charge in [0, 0.05) is 11.4 Å². The molecule has 0 aliphatic heterocycles. The molecule has 4 heteroatoms. The molecule has 0 amide bonds. The Balaban J connectivity index is 2.45. The van der Waals surface area contributed by atoms with Crippen LogP contribution in [0.5, 0.6) is 0 Å². The molecule has 3 nitrogen and oxygen atoms in total. The third-order valence-corrected chi connectivity index (χ3v) is 5.20. The Hall–Kier alpha value is -1.03. The Morgan fingerprint density at radius 2 is 2.00 bits per heavy atom. The molecule has 19 heavy (non-hydrogen) atoms. The van der Waals surface area contributed by atoms with Crippen molar-refractivity contribution in [2.24, 2.45) is 11.8 Å². The molecule has 2 unspecified atom stereocenters. The van der Waals surface area contributed by atoms with Crippen LogP contribution in [0.4, 0.5) is 0 Å². The zero-order valence-electron chi connectivity index (χ0n) is 11.8. The van der Waals surface area contributed by atoms with E-state index in [4.69, 9.17) is 4.42 Å². The number of benzene rings is 1. The molecule has 2 aromatic rings. The van der Waals surface area contributed by atoms with Crippen molar-refractivity contribution in [3.63, 3.8) is 0 Å². The Labute approximate surface area is 121 Å². The quantitative estimate of drug-likeness (QED) is 0.783. The molecule has 0 fully saturated rings. The van der Waals surface area contributed by atoms with Crippen molar-refractivity contribution in [1.82, 2.24) is 4.57 Å². The Morgan fingerprint density at radius 1 is 1.32 bits per heavy atom. The SMILES string of the molecule is CCn1c(=O)oc2cc(C(Br)C(C)C(C)C)ccc21. The van der Waals surface area contributed by atoms with Gasteiger partial charge in [0.2, 0.25) is 0 Å². The maximum Gasteiger partial charge on any atom is 0.419 e. The van der Waals surface area contributed by atoms with Gasteiger partial charge in [0.15, 0.2) is 5.58 Å². The van der Waals surface area contributed by atoms with E-state index in [0.29, 0.717) is 24.0 Å². The van der Waals surface area contributed by atoms with Gasteiger partial charge >= 0.3 is 5.76 Å². The molecule has 0 saturated carbocycles. The number of fused-ring (bicyclic) bond motifs is 1. The average molecular weight is 326 g/mol. The van der Waals surface area contributed by atoms with Gasteiger partial charge in [-0.15, -0.1) is 0 Å². The molecule has 2 rings (SSSR count). The summed E-state index contributed by atoms with van der Waals surface area (Å²) in [4.78, 5) is 11.9. The summed E-state index contributed by atoms with van der Waals surface area (Å²) in [5, 5.41) is 0. The molecule has 1 aromatic heterocycles. The number of alkyl halides is 1. The summed E-state index contributed by atoms with van der Waals surface area (Å²) in [6.45, 7) is 9.22. The lowest BCUT2D eigenvalue weighted by atomic mass is 9.91. The number of nitrogens with zero attached hydrogens (tertiary/aromatic N) is 1. The van der Waals surface area contributed by atoms with Crippen molar-refractivity contribution < 1.29 is 4.42 Å². The van der Waals surface area contributed by atoms with Gasteiger partial charge in [-0.2, -0.15) is 0 Å². The summed E-state index contributed by atoms with van der Waals surface area (Å²) < 4.78 is 6.95. The van der Waals surface area contributed by atoms with Crippen LogP contribution in [-0.2, 0) is 6.54 Å². The number of hydrogen-bond donors (Lipinski definition) is 0. The number of rotatable bonds is 4. The van der Waals surface area contributed by atoms with Crippen LogP contribution in [0, 0.1) is 11.8 Å². The highest BCUT2D eigenvalue weighted by atomic mass is 79.9. The van der Waals surface area contributed by atoms with Crippen molar-refractivity contribution in [2.75, 3.05) is 0 Å². The highest BCUT2D eigenvalue weighted by Crippen LogP contribution is 2.36. The number of aromatic nitrogens is 1. The van der Waals surface area contributed by atoms with Crippen molar-refractivity contribution in [1.29, 1.82) is 0 Å². The van der Waals surface area contributed by atoms with Crippen LogP contribution in [0.1, 0.15) is 38.1 Å². The minimum absolute atomic E-state index is 0.271. The first kappa shape index (κ1) is 14.4. The molecule has 1 aromatic carbocycles. The van der Waals surface area contributed by atoms with E-state index in [-0.39, 0.29) is 10.6 Å². The second-order valence-corrected chi connectivity index (χ2v) is 6.33. The first-order valence-corrected chi connectivity index (χ1v) is 7.64. The first-order valence-electron chi connectivity index (χ1n) is 6.73. The lowest BCUT2D eigenvalue weighted by Gasteiger charge is -2.22. The van der Waals surface area contributed by atoms with E-state index >= 15 is 0 Å². The standard InChI is InChI=1S/C15H20BrNO2/c1-5-17-12-7-6-11(8-13(12)19-15(17)18)14(16)10(4)9(2)3/h6-10,14H,5H2,1-4H3. The smallest absolute Gasteiger partial charge is 0.408 e. The lowest BCUT2D eigenvalue weighted by molar-refractivity contribution is 0.414. The van der Waals surface area contributed by atoms with E-state index in [2.05, 4.69) is 42.8 Å². The lowest BCUT2D eigenvalue weighted by Crippen LogP contribution is -2.12. The number of aryl methyl sites for hydroxylation is 1. The summed E-state index contributed by atoms with van der Waals surface area (Å²) in [5.41, 5.74) is 2.70. The Morgan fingerprint density at radius 3 is 2.58 bits per heavy atom. The third-order valence-electron chi connectivity index (χ3n) is 3.84. The van der Waals surface area contributed by atoms with Crippen LogP contribution in [0.3, 0.4) is 0 Å². The maximum atomic E-state index is 11.7. The normalized spacial score (nSPS) is 15.1. The summed E-state index contributed by atoms with van der Waals surface area (Å²) in [7, 11) is 0. The average Bonchev–Trinajstić information content (AvgIpc) is 2.70. The third kappa shape index (κ3) is 2.64. The largest absolute Gasteiger partial charge is 0.419 e. The minimum Gasteiger partial charge on any atom is -0.408 e. The summed E-state index contributed by atoms with van der Waals surface area (Å²) >= 11 is 3.75. The van der Waals surface area contributed by atoms with Crippen LogP contribution < -0.4 is 5.76 Å². The maximum absolute atomic E-state index is 11.7. The molecular formula is C15H20BrNO2. The molecule has 104 valence electrons. The van der Waals surface area contributed by atoms with Gasteiger partial charge in [0.25, 0.3) is 0 Å². The number of halogens is 1. The van der Waals surface area contributed by atoms with Crippen molar-refractivity contribution in [3.8, 4) is 0 Å². The zero-order chi connectivity index (χ0) is 14.2. The van der Waals surface area contributed by atoms with Gasteiger partial charge in [-0.05, 0) is 36.5 Å². The van der Waals surface area contributed by atoms with Crippen LogP contribution in [0.25, 0.3) is 11.1 Å². The van der Waals surface area contributed by atoms with Crippen LogP contribution in [-0.4, -0.2) is 4.57 Å². The highest BCUT2D eigenvalue weighted by molar-refractivity contribution is 9.09. The fourth-order valence-electron chi connectivity index (χ4n) is 2.20. The summed E-state index contributed by atoms with van der Waals surface area (Å²) in [6.07, 6.45) is 0. The molecule has 0 bridgehead atoms. The minimum atomic E-state index is -0.280. The van der Waals surface area contributed by atoms with Crippen LogP contribution in [0.2, 0.25) is 0 Å². The van der Waals surface area contributed by atoms with E-state index in [9.17, 15) is 4.79 Å². The summed E-state index contributed by atoms with van der Waals surface area (Å²) in [5.74, 6) is 0.822. The molecule has 0 spiro atoms. The molecule has 0 aliphatic rings. The molecule has 2 atom stereocenters. The molecule has 0 N–H and O–H groups in total. The van der Waals surface area contributed by atoms with Crippen LogP contribution >= 0.6 is 15.9 Å². The zero-order valence-corrected chi connectivity index (χ0v) is 13.4. The van der Waals surface area contributed by atoms with Gasteiger partial charge in [-0.3, -0.25) is 4.57 Å². The van der Waals surface area contributed by atoms with Gasteiger partial charge in [0.1, 0.15) is 0 Å². The fourth-order valence-corrected chi connectivity index (χ4v) is 3.09. The highest BCUT2D eigenvalue weighted by Gasteiger charge is 2.20. The predicted octanol–water partition coefficient (Wildman–Crippen LogP) is 4.34. The van der Waals surface area contributed by atoms with Crippen molar-refractivity contribution in [3.05, 3.63) is 34.3 Å². The fraction of sp³-hybridized carbons (Fsp3) is 0.533. The monoisotopic (exact) mass is 325 g/mol. The van der Waals surface area contributed by atoms with Crippen molar-refractivity contribution in [2.45, 2.75) is 39.1 Å². The predicted molar refractivity (Wildman–Crippen MR) is 81.8 cm³/mol. The first-order chi connectivity index (χ1) is 8.95. The van der Waals surface area contributed by atoms with E-state index < -0.39 is 0 Å². The van der Waals surface area contributed by atoms with Gasteiger partial charge in [-0.25, -0.2) is 4.79 Å².